The molecule has 32 heavy (non-hydrogen) atoms. The molecular formula is C24H29N3O5. The monoisotopic (exact) mass is 439 g/mol. The maximum atomic E-state index is 12.4. The number of amides is 3. The van der Waals surface area contributed by atoms with Crippen LogP contribution in [0.1, 0.15) is 36.2 Å². The number of carbonyl (C=O) groups is 3. The van der Waals surface area contributed by atoms with Crippen LogP contribution in [0.4, 0.5) is 5.69 Å². The van der Waals surface area contributed by atoms with Gasteiger partial charge in [0.05, 0.1) is 25.0 Å². The highest BCUT2D eigenvalue weighted by Crippen LogP contribution is 2.29. The lowest BCUT2D eigenvalue weighted by molar-refractivity contribution is -0.118. The first-order valence-electron chi connectivity index (χ1n) is 10.3. The molecule has 2 rings (SSSR count). The Balaban J connectivity index is 2.05. The summed E-state index contributed by atoms with van der Waals surface area (Å²) in [5.74, 6) is 0.281. The molecule has 0 aromatic heterocycles. The van der Waals surface area contributed by atoms with Gasteiger partial charge in [-0.05, 0) is 41.8 Å². The van der Waals surface area contributed by atoms with Gasteiger partial charge in [-0.1, -0.05) is 32.0 Å². The second kappa shape index (κ2) is 12.1. The zero-order valence-corrected chi connectivity index (χ0v) is 18.5. The number of nitrogens with one attached hydrogen (secondary N) is 2. The number of benzene rings is 2. The van der Waals surface area contributed by atoms with E-state index in [1.807, 2.05) is 6.07 Å². The molecule has 0 spiro atoms. The van der Waals surface area contributed by atoms with Gasteiger partial charge in [-0.3, -0.25) is 14.4 Å². The van der Waals surface area contributed by atoms with Gasteiger partial charge >= 0.3 is 0 Å². The molecule has 2 aromatic carbocycles. The van der Waals surface area contributed by atoms with Crippen molar-refractivity contribution in [3.05, 3.63) is 59.7 Å². The van der Waals surface area contributed by atoms with E-state index >= 15 is 0 Å². The Morgan fingerprint density at radius 1 is 1.09 bits per heavy atom. The van der Waals surface area contributed by atoms with Crippen LogP contribution >= 0.6 is 0 Å². The zero-order valence-electron chi connectivity index (χ0n) is 18.5. The molecule has 0 aliphatic heterocycles. The van der Waals surface area contributed by atoms with Crippen LogP contribution in [0, 0.1) is 5.92 Å². The molecule has 8 heteroatoms. The highest BCUT2D eigenvalue weighted by molar-refractivity contribution is 6.07. The number of para-hydroxylation sites is 1. The molecule has 3 amide bonds. The maximum Gasteiger partial charge on any atom is 0.253 e. The quantitative estimate of drug-likeness (QED) is 0.465. The lowest BCUT2D eigenvalue weighted by atomic mass is 10.1. The van der Waals surface area contributed by atoms with Crippen LogP contribution in [-0.2, 0) is 9.59 Å². The summed E-state index contributed by atoms with van der Waals surface area (Å²) in [6, 6.07) is 12.0. The zero-order chi connectivity index (χ0) is 23.5. The minimum Gasteiger partial charge on any atom is -0.493 e. The van der Waals surface area contributed by atoms with E-state index in [-0.39, 0.29) is 18.5 Å². The molecule has 8 nitrogen and oxygen atoms in total. The molecule has 0 bridgehead atoms. The third-order valence-corrected chi connectivity index (χ3v) is 4.27. The normalized spacial score (nSPS) is 10.8. The average Bonchev–Trinajstić information content (AvgIpc) is 2.76. The SMILES string of the molecule is COc1cc(/C=C/C(=O)Nc2ccccc2C(=O)NCCC(N)=O)ccc1OCC(C)C. The molecule has 0 atom stereocenters. The Bertz CT molecular complexity index is 985. The summed E-state index contributed by atoms with van der Waals surface area (Å²) in [6.45, 7) is 4.81. The van der Waals surface area contributed by atoms with Crippen molar-refractivity contribution >= 4 is 29.5 Å². The van der Waals surface area contributed by atoms with Crippen LogP contribution in [0.25, 0.3) is 6.08 Å². The lowest BCUT2D eigenvalue weighted by Gasteiger charge is -2.13. The number of hydrogen-bond donors (Lipinski definition) is 3. The van der Waals surface area contributed by atoms with E-state index in [9.17, 15) is 14.4 Å². The van der Waals surface area contributed by atoms with E-state index in [0.717, 1.165) is 5.56 Å². The van der Waals surface area contributed by atoms with E-state index in [1.165, 1.54) is 6.08 Å². The summed E-state index contributed by atoms with van der Waals surface area (Å²) < 4.78 is 11.1. The topological polar surface area (TPSA) is 120 Å². The van der Waals surface area contributed by atoms with Gasteiger partial charge < -0.3 is 25.8 Å². The van der Waals surface area contributed by atoms with E-state index < -0.39 is 17.7 Å². The van der Waals surface area contributed by atoms with Gasteiger partial charge in [0.1, 0.15) is 0 Å². The van der Waals surface area contributed by atoms with Crippen LogP contribution in [0.15, 0.2) is 48.5 Å². The minimum atomic E-state index is -0.506. The molecule has 0 heterocycles. The first-order chi connectivity index (χ1) is 15.3. The molecule has 0 saturated heterocycles. The molecule has 0 fully saturated rings. The molecule has 0 aliphatic carbocycles. The number of methoxy groups -OCH3 is 1. The van der Waals surface area contributed by atoms with Crippen molar-refractivity contribution in [3.8, 4) is 11.5 Å². The van der Waals surface area contributed by atoms with Gasteiger partial charge in [0.25, 0.3) is 5.91 Å². The van der Waals surface area contributed by atoms with Crippen LogP contribution < -0.4 is 25.8 Å². The number of anilines is 1. The fourth-order valence-corrected chi connectivity index (χ4v) is 2.69. The Morgan fingerprint density at radius 3 is 2.53 bits per heavy atom. The number of carbonyl (C=O) groups excluding carboxylic acids is 3. The molecule has 0 unspecified atom stereocenters. The number of primary amides is 1. The molecule has 0 radical (unpaired) electrons. The van der Waals surface area contributed by atoms with Crippen LogP contribution in [-0.4, -0.2) is 38.0 Å². The summed E-state index contributed by atoms with van der Waals surface area (Å²) in [4.78, 5) is 35.6. The lowest BCUT2D eigenvalue weighted by Crippen LogP contribution is -2.28. The standard InChI is InChI=1S/C24H29N3O5/c1-16(2)15-32-20-10-8-17(14-21(20)31-3)9-11-23(29)27-19-7-5-4-6-18(19)24(30)26-13-12-22(25)28/h4-11,14,16H,12-13,15H2,1-3H3,(H2,25,28)(H,26,30)(H,27,29)/b11-9+. The summed E-state index contributed by atoms with van der Waals surface area (Å²) in [5.41, 5.74) is 6.47. The summed E-state index contributed by atoms with van der Waals surface area (Å²) >= 11 is 0. The third kappa shape index (κ3) is 7.79. The number of ether oxygens (including phenoxy) is 2. The smallest absolute Gasteiger partial charge is 0.253 e. The van der Waals surface area contributed by atoms with Crippen molar-refractivity contribution < 1.29 is 23.9 Å². The second-order valence-electron chi connectivity index (χ2n) is 7.46. The fraction of sp³-hybridized carbons (Fsp3) is 0.292. The molecule has 2 aromatic rings. The van der Waals surface area contributed by atoms with Gasteiger partial charge in [-0.25, -0.2) is 0 Å². The highest BCUT2D eigenvalue weighted by atomic mass is 16.5. The molecule has 0 saturated carbocycles. The third-order valence-electron chi connectivity index (χ3n) is 4.27. The number of hydrogen-bond acceptors (Lipinski definition) is 5. The number of nitrogens with two attached hydrogens (primary N) is 1. The first-order valence-corrected chi connectivity index (χ1v) is 10.3. The van der Waals surface area contributed by atoms with Crippen molar-refractivity contribution in [2.75, 3.05) is 25.6 Å². The predicted molar refractivity (Wildman–Crippen MR) is 124 cm³/mol. The van der Waals surface area contributed by atoms with Crippen molar-refractivity contribution in [2.45, 2.75) is 20.3 Å². The highest BCUT2D eigenvalue weighted by Gasteiger charge is 2.12. The van der Waals surface area contributed by atoms with Gasteiger partial charge in [0.2, 0.25) is 11.8 Å². The average molecular weight is 440 g/mol. The molecule has 4 N–H and O–H groups in total. The Morgan fingerprint density at radius 2 is 1.84 bits per heavy atom. The summed E-state index contributed by atoms with van der Waals surface area (Å²) in [6.07, 6.45) is 3.04. The molecular weight excluding hydrogens is 410 g/mol. The fourth-order valence-electron chi connectivity index (χ4n) is 2.69. The maximum absolute atomic E-state index is 12.4. The van der Waals surface area contributed by atoms with Crippen LogP contribution in [0.5, 0.6) is 11.5 Å². The predicted octanol–water partition coefficient (Wildman–Crippen LogP) is 2.99. The van der Waals surface area contributed by atoms with Crippen molar-refractivity contribution in [3.63, 3.8) is 0 Å². The van der Waals surface area contributed by atoms with E-state index in [2.05, 4.69) is 24.5 Å². The van der Waals surface area contributed by atoms with Crippen molar-refractivity contribution in [2.24, 2.45) is 11.7 Å². The summed E-state index contributed by atoms with van der Waals surface area (Å²) in [5, 5.41) is 5.30. The summed E-state index contributed by atoms with van der Waals surface area (Å²) in [7, 11) is 1.56. The first kappa shape index (κ1) is 24.5. The minimum absolute atomic E-state index is 0.0355. The second-order valence-corrected chi connectivity index (χ2v) is 7.46. The van der Waals surface area contributed by atoms with Gasteiger partial charge in [0, 0.05) is 19.0 Å². The van der Waals surface area contributed by atoms with Gasteiger partial charge in [-0.2, -0.15) is 0 Å². The Labute approximate surface area is 187 Å². The van der Waals surface area contributed by atoms with Crippen LogP contribution in [0.3, 0.4) is 0 Å². The van der Waals surface area contributed by atoms with E-state index in [0.29, 0.717) is 29.7 Å². The largest absolute Gasteiger partial charge is 0.493 e. The van der Waals surface area contributed by atoms with E-state index in [4.69, 9.17) is 15.2 Å². The Hall–Kier alpha value is -3.81. The van der Waals surface area contributed by atoms with Crippen molar-refractivity contribution in [1.29, 1.82) is 0 Å². The number of rotatable bonds is 11. The Kier molecular flexibility index (Phi) is 9.28. The van der Waals surface area contributed by atoms with Gasteiger partial charge in [-0.15, -0.1) is 0 Å². The van der Waals surface area contributed by atoms with Gasteiger partial charge in [0.15, 0.2) is 11.5 Å². The van der Waals surface area contributed by atoms with E-state index in [1.54, 1.807) is 49.6 Å². The van der Waals surface area contributed by atoms with Crippen molar-refractivity contribution in [1.82, 2.24) is 5.32 Å². The van der Waals surface area contributed by atoms with Crippen LogP contribution in [0.2, 0.25) is 0 Å². The molecule has 170 valence electrons. The molecule has 0 aliphatic rings.